The van der Waals surface area contributed by atoms with E-state index in [4.69, 9.17) is 26.8 Å². The van der Waals surface area contributed by atoms with Crippen molar-refractivity contribution in [1.29, 1.82) is 0 Å². The molecule has 34 heavy (non-hydrogen) atoms. The number of carbonyl (C=O) groups is 7. The summed E-state index contributed by atoms with van der Waals surface area (Å²) in [6, 6.07) is -6.00. The van der Waals surface area contributed by atoms with Gasteiger partial charge in [-0.15, -0.1) is 0 Å². The molecule has 10 N–H and O–H groups in total. The largest absolute Gasteiger partial charge is 0.481 e. The Kier molecular flexibility index (Phi) is 12.8. The lowest BCUT2D eigenvalue weighted by atomic mass is 9.97. The number of hydrogen-bond donors (Lipinski definition) is 8. The Hall–Kier alpha value is -3.75. The lowest BCUT2D eigenvalue weighted by Crippen LogP contribution is -2.59. The zero-order valence-electron chi connectivity index (χ0n) is 18.8. The molecular weight excluding hydrogens is 458 g/mol. The normalized spacial score (nSPS) is 15.0. The maximum absolute atomic E-state index is 12.8. The summed E-state index contributed by atoms with van der Waals surface area (Å²) in [5.41, 5.74) is 10.6. The first kappa shape index (κ1) is 30.2. The van der Waals surface area contributed by atoms with Crippen LogP contribution in [-0.2, 0) is 33.6 Å². The van der Waals surface area contributed by atoms with E-state index in [1.54, 1.807) is 13.8 Å². The maximum atomic E-state index is 12.8. The Labute approximate surface area is 194 Å². The molecule has 0 aromatic carbocycles. The molecule has 0 aliphatic heterocycles. The molecule has 0 aromatic rings. The van der Waals surface area contributed by atoms with E-state index in [2.05, 4.69) is 10.6 Å². The predicted octanol–water partition coefficient (Wildman–Crippen LogP) is -2.89. The van der Waals surface area contributed by atoms with Gasteiger partial charge in [-0.3, -0.25) is 28.8 Å². The number of nitrogens with two attached hydrogens (primary N) is 2. The van der Waals surface area contributed by atoms with E-state index >= 15 is 0 Å². The monoisotopic (exact) mass is 489 g/mol. The summed E-state index contributed by atoms with van der Waals surface area (Å²) in [7, 11) is 0. The molecule has 5 atom stereocenters. The van der Waals surface area contributed by atoms with Gasteiger partial charge in [0.05, 0.1) is 18.9 Å². The first-order valence-electron chi connectivity index (χ1n) is 10.3. The lowest BCUT2D eigenvalue weighted by molar-refractivity contribution is -0.145. The van der Waals surface area contributed by atoms with Crippen LogP contribution in [0.5, 0.6) is 0 Å². The van der Waals surface area contributed by atoms with E-state index in [0.29, 0.717) is 6.42 Å². The summed E-state index contributed by atoms with van der Waals surface area (Å²) in [5, 5.41) is 33.4. The third-order valence-electron chi connectivity index (χ3n) is 4.83. The Morgan fingerprint density at radius 2 is 1.35 bits per heavy atom. The minimum absolute atomic E-state index is 0.198. The first-order valence-corrected chi connectivity index (χ1v) is 10.3. The van der Waals surface area contributed by atoms with Crippen LogP contribution in [0.2, 0.25) is 0 Å². The van der Waals surface area contributed by atoms with Crippen LogP contribution in [0.4, 0.5) is 0 Å². The molecule has 15 heteroatoms. The van der Waals surface area contributed by atoms with E-state index in [-0.39, 0.29) is 12.8 Å². The van der Waals surface area contributed by atoms with Crippen LogP contribution in [0, 0.1) is 5.92 Å². The van der Waals surface area contributed by atoms with Crippen molar-refractivity contribution in [2.24, 2.45) is 17.4 Å². The second-order valence-electron chi connectivity index (χ2n) is 7.64. The fourth-order valence-electron chi connectivity index (χ4n) is 2.69. The van der Waals surface area contributed by atoms with Crippen LogP contribution in [0.15, 0.2) is 0 Å². The number of carboxylic acid groups (broad SMARTS) is 3. The number of hydrogen-bond acceptors (Lipinski definition) is 8. The molecule has 0 heterocycles. The van der Waals surface area contributed by atoms with Crippen molar-refractivity contribution in [3.8, 4) is 0 Å². The van der Waals surface area contributed by atoms with Gasteiger partial charge in [0.25, 0.3) is 0 Å². The van der Waals surface area contributed by atoms with Crippen LogP contribution in [0.1, 0.15) is 46.0 Å². The maximum Gasteiger partial charge on any atom is 0.326 e. The van der Waals surface area contributed by atoms with E-state index in [9.17, 15) is 33.6 Å². The van der Waals surface area contributed by atoms with Gasteiger partial charge in [0, 0.05) is 6.42 Å². The average Bonchev–Trinajstić information content (AvgIpc) is 2.72. The topological polar surface area (TPSA) is 268 Å². The van der Waals surface area contributed by atoms with Crippen molar-refractivity contribution in [2.45, 2.75) is 70.1 Å². The molecule has 0 saturated carbocycles. The van der Waals surface area contributed by atoms with E-state index < -0.39 is 84.5 Å². The van der Waals surface area contributed by atoms with Gasteiger partial charge in [-0.2, -0.15) is 0 Å². The molecule has 15 nitrogen and oxygen atoms in total. The van der Waals surface area contributed by atoms with Crippen LogP contribution >= 0.6 is 0 Å². The Bertz CT molecular complexity index is 802. The number of carbonyl (C=O) groups excluding carboxylic acids is 4. The lowest BCUT2D eigenvalue weighted by Gasteiger charge is -2.27. The second kappa shape index (κ2) is 14.4. The molecule has 0 aliphatic carbocycles. The van der Waals surface area contributed by atoms with Gasteiger partial charge < -0.3 is 42.7 Å². The van der Waals surface area contributed by atoms with Crippen molar-refractivity contribution in [1.82, 2.24) is 16.0 Å². The molecule has 0 radical (unpaired) electrons. The van der Waals surface area contributed by atoms with E-state index in [1.165, 1.54) is 0 Å². The van der Waals surface area contributed by atoms with Crippen molar-refractivity contribution in [3.63, 3.8) is 0 Å². The number of primary amides is 1. The number of nitrogens with one attached hydrogen (secondary N) is 3. The van der Waals surface area contributed by atoms with Crippen LogP contribution < -0.4 is 27.4 Å². The van der Waals surface area contributed by atoms with E-state index in [1.807, 2.05) is 5.32 Å². The summed E-state index contributed by atoms with van der Waals surface area (Å²) < 4.78 is 0. The van der Waals surface area contributed by atoms with Crippen LogP contribution in [0.25, 0.3) is 0 Å². The molecular formula is C19H31N5O10. The Balaban J connectivity index is 5.57. The minimum Gasteiger partial charge on any atom is -0.481 e. The number of amides is 4. The van der Waals surface area contributed by atoms with Crippen LogP contribution in [0.3, 0.4) is 0 Å². The number of carboxylic acids is 3. The average molecular weight is 489 g/mol. The van der Waals surface area contributed by atoms with Gasteiger partial charge in [-0.05, 0) is 12.3 Å². The highest BCUT2D eigenvalue weighted by Crippen LogP contribution is 2.10. The molecule has 4 amide bonds. The van der Waals surface area contributed by atoms with Crippen molar-refractivity contribution < 1.29 is 48.9 Å². The van der Waals surface area contributed by atoms with Gasteiger partial charge in [-0.1, -0.05) is 20.3 Å². The van der Waals surface area contributed by atoms with Crippen LogP contribution in [-0.4, -0.2) is 81.0 Å². The fourth-order valence-corrected chi connectivity index (χ4v) is 2.69. The molecule has 5 unspecified atom stereocenters. The number of aliphatic carboxylic acids is 3. The van der Waals surface area contributed by atoms with E-state index in [0.717, 1.165) is 0 Å². The van der Waals surface area contributed by atoms with Crippen molar-refractivity contribution in [2.75, 3.05) is 0 Å². The minimum atomic E-state index is -1.75. The van der Waals surface area contributed by atoms with Gasteiger partial charge in [0.2, 0.25) is 23.6 Å². The van der Waals surface area contributed by atoms with Gasteiger partial charge in [0.1, 0.15) is 18.1 Å². The fraction of sp³-hybridized carbons (Fsp3) is 0.632. The summed E-state index contributed by atoms with van der Waals surface area (Å²) in [5.74, 6) is -8.79. The molecule has 0 aromatic heterocycles. The zero-order chi connectivity index (χ0) is 26.6. The standard InChI is InChI=1S/C19H31N5O10/c1-3-8(2)15(24-16(30)9(20)4-5-13(26)27)18(32)22-10(7-14(28)29)17(31)23-11(19(33)34)6-12(21)25/h8-11,15H,3-7,20H2,1-2H3,(H2,21,25)(H,22,32)(H,23,31)(H,24,30)(H,26,27)(H,28,29)(H,33,34). The highest BCUT2D eigenvalue weighted by Gasteiger charge is 2.33. The summed E-state index contributed by atoms with van der Waals surface area (Å²) in [6.07, 6.45) is -1.91. The third-order valence-corrected chi connectivity index (χ3v) is 4.83. The van der Waals surface area contributed by atoms with Crippen molar-refractivity contribution >= 4 is 41.5 Å². The molecule has 192 valence electrons. The molecule has 0 saturated heterocycles. The zero-order valence-corrected chi connectivity index (χ0v) is 18.8. The second-order valence-corrected chi connectivity index (χ2v) is 7.64. The smallest absolute Gasteiger partial charge is 0.326 e. The molecule has 0 bridgehead atoms. The van der Waals surface area contributed by atoms with Crippen molar-refractivity contribution in [3.05, 3.63) is 0 Å². The van der Waals surface area contributed by atoms with Gasteiger partial charge in [-0.25, -0.2) is 4.79 Å². The summed E-state index contributed by atoms with van der Waals surface area (Å²) in [6.45, 7) is 3.29. The Morgan fingerprint density at radius 1 is 0.794 bits per heavy atom. The first-order chi connectivity index (χ1) is 15.7. The highest BCUT2D eigenvalue weighted by atomic mass is 16.4. The predicted molar refractivity (Wildman–Crippen MR) is 114 cm³/mol. The molecule has 0 aliphatic rings. The Morgan fingerprint density at radius 3 is 1.79 bits per heavy atom. The molecule has 0 spiro atoms. The van der Waals surface area contributed by atoms with Gasteiger partial charge >= 0.3 is 17.9 Å². The summed E-state index contributed by atoms with van der Waals surface area (Å²) >= 11 is 0. The molecule has 0 rings (SSSR count). The van der Waals surface area contributed by atoms with Gasteiger partial charge in [0.15, 0.2) is 0 Å². The third kappa shape index (κ3) is 11.2. The molecule has 0 fully saturated rings. The number of rotatable bonds is 16. The highest BCUT2D eigenvalue weighted by molar-refractivity contribution is 5.96. The SMILES string of the molecule is CCC(C)C(NC(=O)C(N)CCC(=O)O)C(=O)NC(CC(=O)O)C(=O)NC(CC(N)=O)C(=O)O. The quantitative estimate of drug-likeness (QED) is 0.109. The summed E-state index contributed by atoms with van der Waals surface area (Å²) in [4.78, 5) is 81.7.